The van der Waals surface area contributed by atoms with E-state index in [0.29, 0.717) is 13.2 Å². The Kier molecular flexibility index (Phi) is 6.06. The lowest BCUT2D eigenvalue weighted by Crippen LogP contribution is -2.42. The van der Waals surface area contributed by atoms with Crippen molar-refractivity contribution in [2.75, 3.05) is 20.3 Å². The van der Waals surface area contributed by atoms with Gasteiger partial charge in [0, 0.05) is 18.2 Å². The molecule has 1 saturated carbocycles. The van der Waals surface area contributed by atoms with Crippen LogP contribution in [0.2, 0.25) is 0 Å². The van der Waals surface area contributed by atoms with Gasteiger partial charge in [0.1, 0.15) is 11.9 Å². The van der Waals surface area contributed by atoms with Crippen LogP contribution in [0.5, 0.6) is 0 Å². The van der Waals surface area contributed by atoms with Gasteiger partial charge in [-0.15, -0.1) is 0 Å². The average Bonchev–Trinajstić information content (AvgIpc) is 3.35. The summed E-state index contributed by atoms with van der Waals surface area (Å²) in [5.41, 5.74) is 0.454. The van der Waals surface area contributed by atoms with E-state index in [-0.39, 0.29) is 23.7 Å². The topological polar surface area (TPSA) is 84.9 Å². The Morgan fingerprint density at radius 2 is 2.13 bits per heavy atom. The molecule has 0 aromatic heterocycles. The number of rotatable bonds is 9. The van der Waals surface area contributed by atoms with Crippen LogP contribution in [-0.2, 0) is 20.9 Å². The number of nitrogens with one attached hydrogen (secondary N) is 1. The molecule has 6 nitrogen and oxygen atoms in total. The van der Waals surface area contributed by atoms with Crippen molar-refractivity contribution >= 4 is 11.9 Å². The van der Waals surface area contributed by atoms with Crippen molar-refractivity contribution < 1.29 is 28.6 Å². The molecule has 0 aliphatic heterocycles. The molecule has 0 saturated heterocycles. The lowest BCUT2D eigenvalue weighted by molar-refractivity contribution is -0.139. The first-order valence-electron chi connectivity index (χ1n) is 7.41. The summed E-state index contributed by atoms with van der Waals surface area (Å²) in [6, 6.07) is 2.99. The molecule has 1 amide bonds. The van der Waals surface area contributed by atoms with Crippen LogP contribution < -0.4 is 5.32 Å². The molecule has 1 aromatic rings. The fourth-order valence-corrected chi connectivity index (χ4v) is 2.19. The quantitative estimate of drug-likeness (QED) is 0.673. The number of carbonyl (C=O) groups excluding carboxylic acids is 1. The summed E-state index contributed by atoms with van der Waals surface area (Å²) in [5, 5.41) is 11.6. The van der Waals surface area contributed by atoms with Crippen LogP contribution in [-0.4, -0.2) is 43.3 Å². The molecule has 2 rings (SSSR count). The van der Waals surface area contributed by atoms with E-state index in [1.807, 2.05) is 0 Å². The second-order valence-electron chi connectivity index (χ2n) is 5.48. The van der Waals surface area contributed by atoms with Gasteiger partial charge in [-0.05, 0) is 37.0 Å². The van der Waals surface area contributed by atoms with E-state index in [4.69, 9.17) is 14.6 Å². The number of amides is 1. The van der Waals surface area contributed by atoms with Crippen molar-refractivity contribution in [3.8, 4) is 0 Å². The fourth-order valence-electron chi connectivity index (χ4n) is 2.19. The highest BCUT2D eigenvalue weighted by molar-refractivity contribution is 5.96. The fraction of sp³-hybridized carbons (Fsp3) is 0.500. The van der Waals surface area contributed by atoms with Gasteiger partial charge in [0.15, 0.2) is 0 Å². The van der Waals surface area contributed by atoms with E-state index in [1.54, 1.807) is 0 Å². The maximum Gasteiger partial charge on any atom is 0.326 e. The Morgan fingerprint density at radius 3 is 2.74 bits per heavy atom. The summed E-state index contributed by atoms with van der Waals surface area (Å²) < 4.78 is 23.8. The van der Waals surface area contributed by atoms with Crippen LogP contribution in [0.1, 0.15) is 28.8 Å². The molecular weight excluding hydrogens is 305 g/mol. The summed E-state index contributed by atoms with van der Waals surface area (Å²) in [6.45, 7) is 0.722. The van der Waals surface area contributed by atoms with E-state index < -0.39 is 23.7 Å². The number of ether oxygens (including phenoxy) is 2. The van der Waals surface area contributed by atoms with Gasteiger partial charge in [-0.3, -0.25) is 4.79 Å². The van der Waals surface area contributed by atoms with Gasteiger partial charge in [-0.1, -0.05) is 0 Å². The number of carboxylic acids is 1. The molecule has 1 aromatic carbocycles. The van der Waals surface area contributed by atoms with Crippen LogP contribution >= 0.6 is 0 Å². The number of hydrogen-bond acceptors (Lipinski definition) is 4. The van der Waals surface area contributed by atoms with E-state index >= 15 is 0 Å². The first-order chi connectivity index (χ1) is 11.0. The molecule has 126 valence electrons. The number of halogens is 1. The molecule has 1 atom stereocenters. The summed E-state index contributed by atoms with van der Waals surface area (Å²) >= 11 is 0. The van der Waals surface area contributed by atoms with Crippen LogP contribution in [0, 0.1) is 11.7 Å². The van der Waals surface area contributed by atoms with Gasteiger partial charge >= 0.3 is 5.97 Å². The number of methoxy groups -OCH3 is 1. The second-order valence-corrected chi connectivity index (χ2v) is 5.48. The molecule has 2 N–H and O–H groups in total. The molecule has 0 radical (unpaired) electrons. The van der Waals surface area contributed by atoms with E-state index in [1.165, 1.54) is 25.3 Å². The summed E-state index contributed by atoms with van der Waals surface area (Å²) in [6.07, 6.45) is 1.58. The van der Waals surface area contributed by atoms with Crippen molar-refractivity contribution in [1.29, 1.82) is 0 Å². The zero-order valence-electron chi connectivity index (χ0n) is 12.9. The molecule has 7 heteroatoms. The SMILES string of the molecule is COCCOCc1cc(C(=O)NC(C(=O)O)C2CC2)ccc1F. The van der Waals surface area contributed by atoms with E-state index in [0.717, 1.165) is 12.8 Å². The summed E-state index contributed by atoms with van der Waals surface area (Å²) in [4.78, 5) is 23.3. The number of carboxylic acid groups (broad SMARTS) is 1. The third-order valence-corrected chi connectivity index (χ3v) is 3.64. The average molecular weight is 325 g/mol. The molecule has 1 fully saturated rings. The van der Waals surface area contributed by atoms with Gasteiger partial charge in [0.25, 0.3) is 5.91 Å². The summed E-state index contributed by atoms with van der Waals surface area (Å²) in [7, 11) is 1.54. The zero-order chi connectivity index (χ0) is 16.8. The van der Waals surface area contributed by atoms with Gasteiger partial charge in [0.2, 0.25) is 0 Å². The maximum absolute atomic E-state index is 13.7. The van der Waals surface area contributed by atoms with Crippen molar-refractivity contribution in [2.45, 2.75) is 25.5 Å². The molecule has 1 unspecified atom stereocenters. The number of hydrogen-bond donors (Lipinski definition) is 2. The molecule has 1 aliphatic rings. The van der Waals surface area contributed by atoms with Crippen LogP contribution in [0.15, 0.2) is 18.2 Å². The minimum Gasteiger partial charge on any atom is -0.480 e. The standard InChI is InChI=1S/C16H20FNO5/c1-22-6-7-23-9-12-8-11(4-5-13(12)17)15(19)18-14(16(20)21)10-2-3-10/h4-5,8,10,14H,2-3,6-7,9H2,1H3,(H,18,19)(H,20,21). The number of benzene rings is 1. The van der Waals surface area contributed by atoms with Gasteiger partial charge in [0.05, 0.1) is 19.8 Å². The normalized spacial score (nSPS) is 15.2. The molecule has 0 bridgehead atoms. The minimum absolute atomic E-state index is 0.0152. The lowest BCUT2D eigenvalue weighted by atomic mass is 10.1. The first kappa shape index (κ1) is 17.4. The number of aliphatic carboxylic acids is 1. The van der Waals surface area contributed by atoms with Gasteiger partial charge < -0.3 is 19.9 Å². The highest BCUT2D eigenvalue weighted by atomic mass is 19.1. The van der Waals surface area contributed by atoms with Crippen LogP contribution in [0.4, 0.5) is 4.39 Å². The molecule has 0 spiro atoms. The third kappa shape index (κ3) is 5.01. The Morgan fingerprint density at radius 1 is 1.39 bits per heavy atom. The van der Waals surface area contributed by atoms with Gasteiger partial charge in [-0.2, -0.15) is 0 Å². The van der Waals surface area contributed by atoms with Crippen molar-refractivity contribution in [3.05, 3.63) is 35.1 Å². The van der Waals surface area contributed by atoms with E-state index in [2.05, 4.69) is 5.32 Å². The highest BCUT2D eigenvalue weighted by Gasteiger charge is 2.37. The Balaban J connectivity index is 2.00. The molecule has 0 heterocycles. The summed E-state index contributed by atoms with van der Waals surface area (Å²) in [5.74, 6) is -2.07. The Labute approximate surface area is 133 Å². The predicted molar refractivity (Wildman–Crippen MR) is 79.5 cm³/mol. The largest absolute Gasteiger partial charge is 0.480 e. The van der Waals surface area contributed by atoms with Crippen molar-refractivity contribution in [1.82, 2.24) is 5.32 Å². The molecular formula is C16H20FNO5. The Hall–Kier alpha value is -1.99. The van der Waals surface area contributed by atoms with E-state index in [9.17, 15) is 14.0 Å². The minimum atomic E-state index is -1.05. The van der Waals surface area contributed by atoms with Crippen LogP contribution in [0.3, 0.4) is 0 Å². The predicted octanol–water partition coefficient (Wildman–Crippen LogP) is 1.58. The van der Waals surface area contributed by atoms with Gasteiger partial charge in [-0.25, -0.2) is 9.18 Å². The monoisotopic (exact) mass is 325 g/mol. The highest BCUT2D eigenvalue weighted by Crippen LogP contribution is 2.32. The number of carbonyl (C=O) groups is 2. The van der Waals surface area contributed by atoms with Crippen molar-refractivity contribution in [2.24, 2.45) is 5.92 Å². The lowest BCUT2D eigenvalue weighted by Gasteiger charge is -2.14. The van der Waals surface area contributed by atoms with Crippen LogP contribution in [0.25, 0.3) is 0 Å². The first-order valence-corrected chi connectivity index (χ1v) is 7.41. The Bertz CT molecular complexity index is 574. The van der Waals surface area contributed by atoms with Crippen molar-refractivity contribution in [3.63, 3.8) is 0 Å². The third-order valence-electron chi connectivity index (χ3n) is 3.64. The maximum atomic E-state index is 13.7. The second kappa shape index (κ2) is 8.03. The molecule has 1 aliphatic carbocycles. The smallest absolute Gasteiger partial charge is 0.326 e. The zero-order valence-corrected chi connectivity index (χ0v) is 12.9. The molecule has 23 heavy (non-hydrogen) atoms.